The number of rotatable bonds is 2. The molecule has 0 aromatic heterocycles. The lowest BCUT2D eigenvalue weighted by Gasteiger charge is -2.03. The van der Waals surface area contributed by atoms with Crippen LogP contribution >= 0.6 is 0 Å². The molecule has 0 spiro atoms. The lowest BCUT2D eigenvalue weighted by atomic mass is 10.0. The molecule has 0 atom stereocenters. The van der Waals surface area contributed by atoms with Crippen molar-refractivity contribution in [3.05, 3.63) is 53.8 Å². The molecule has 1 N–H and O–H groups in total. The van der Waals surface area contributed by atoms with Gasteiger partial charge in [-0.2, -0.15) is 0 Å². The van der Waals surface area contributed by atoms with Gasteiger partial charge in [0.15, 0.2) is 11.6 Å². The average Bonchev–Trinajstić information content (AvgIpc) is 2.33. The highest BCUT2D eigenvalue weighted by Crippen LogP contribution is 2.25. The van der Waals surface area contributed by atoms with Crippen LogP contribution in [0.2, 0.25) is 0 Å². The van der Waals surface area contributed by atoms with Gasteiger partial charge in [-0.1, -0.05) is 24.3 Å². The van der Waals surface area contributed by atoms with Gasteiger partial charge in [-0.15, -0.1) is 0 Å². The van der Waals surface area contributed by atoms with Crippen LogP contribution in [0.5, 0.6) is 5.75 Å². The third-order valence-electron chi connectivity index (χ3n) is 2.30. The monoisotopic (exact) mass is 216 g/mol. The Morgan fingerprint density at radius 2 is 1.81 bits per heavy atom. The third kappa shape index (κ3) is 1.93. The van der Waals surface area contributed by atoms with Crippen LogP contribution in [-0.2, 0) is 0 Å². The highest BCUT2D eigenvalue weighted by molar-refractivity contribution is 5.78. The van der Waals surface area contributed by atoms with Crippen LogP contribution < -0.4 is 0 Å². The Kier molecular flexibility index (Phi) is 2.68. The van der Waals surface area contributed by atoms with Crippen molar-refractivity contribution in [3.8, 4) is 16.9 Å². The zero-order valence-electron chi connectivity index (χ0n) is 8.35. The first-order valence-electron chi connectivity index (χ1n) is 4.75. The van der Waals surface area contributed by atoms with Crippen LogP contribution in [0, 0.1) is 5.82 Å². The van der Waals surface area contributed by atoms with Gasteiger partial charge >= 0.3 is 0 Å². The van der Waals surface area contributed by atoms with E-state index in [1.165, 1.54) is 12.1 Å². The van der Waals surface area contributed by atoms with E-state index in [1.807, 2.05) is 0 Å². The Labute approximate surface area is 92.0 Å². The molecule has 3 heteroatoms. The number of carbonyl (C=O) groups excluding carboxylic acids is 1. The molecule has 80 valence electrons. The summed E-state index contributed by atoms with van der Waals surface area (Å²) in [5.41, 5.74) is 1.90. The van der Waals surface area contributed by atoms with Gasteiger partial charge in [0.1, 0.15) is 6.29 Å². The minimum Gasteiger partial charge on any atom is -0.505 e. The Morgan fingerprint density at radius 3 is 2.50 bits per heavy atom. The summed E-state index contributed by atoms with van der Waals surface area (Å²) >= 11 is 0. The maximum Gasteiger partial charge on any atom is 0.165 e. The lowest BCUT2D eigenvalue weighted by Crippen LogP contribution is -1.84. The number of aromatic hydroxyl groups is 1. The molecule has 0 aliphatic heterocycles. The lowest BCUT2D eigenvalue weighted by molar-refractivity contribution is 0.112. The number of phenols is 1. The molecule has 0 saturated carbocycles. The molecule has 0 heterocycles. The standard InChI is InChI=1S/C13H9FO2/c14-12-7-11(4-5-13(12)16)10-3-1-2-9(6-10)8-15/h1-8,16H. The predicted molar refractivity (Wildman–Crippen MR) is 58.9 cm³/mol. The molecular weight excluding hydrogens is 207 g/mol. The molecule has 0 bridgehead atoms. The Morgan fingerprint density at radius 1 is 1.06 bits per heavy atom. The minimum absolute atomic E-state index is 0.379. The van der Waals surface area contributed by atoms with E-state index < -0.39 is 5.82 Å². The van der Waals surface area contributed by atoms with Crippen LogP contribution in [0.25, 0.3) is 11.1 Å². The number of carbonyl (C=O) groups is 1. The molecule has 0 saturated heterocycles. The van der Waals surface area contributed by atoms with Crippen molar-refractivity contribution in [1.29, 1.82) is 0 Å². The van der Waals surface area contributed by atoms with Gasteiger partial charge in [0.05, 0.1) is 0 Å². The molecular formula is C13H9FO2. The summed E-state index contributed by atoms with van der Waals surface area (Å²) in [5, 5.41) is 9.06. The first-order chi connectivity index (χ1) is 7.70. The number of hydrogen-bond acceptors (Lipinski definition) is 2. The Bertz CT molecular complexity index is 535. The predicted octanol–water partition coefficient (Wildman–Crippen LogP) is 3.01. The number of aldehydes is 1. The quantitative estimate of drug-likeness (QED) is 0.783. The van der Waals surface area contributed by atoms with Crippen molar-refractivity contribution in [2.75, 3.05) is 0 Å². The first kappa shape index (κ1) is 10.4. The van der Waals surface area contributed by atoms with Crippen molar-refractivity contribution in [2.45, 2.75) is 0 Å². The zero-order valence-corrected chi connectivity index (χ0v) is 8.35. The number of hydrogen-bond donors (Lipinski definition) is 1. The van der Waals surface area contributed by atoms with E-state index in [9.17, 15) is 9.18 Å². The highest BCUT2D eigenvalue weighted by Gasteiger charge is 2.04. The third-order valence-corrected chi connectivity index (χ3v) is 2.30. The number of halogens is 1. The second kappa shape index (κ2) is 4.14. The van der Waals surface area contributed by atoms with Crippen LogP contribution in [0.15, 0.2) is 42.5 Å². The summed E-state index contributed by atoms with van der Waals surface area (Å²) in [6.07, 6.45) is 0.736. The van der Waals surface area contributed by atoms with Crippen molar-refractivity contribution in [3.63, 3.8) is 0 Å². The molecule has 0 aliphatic rings. The fraction of sp³-hybridized carbons (Fsp3) is 0. The van der Waals surface area contributed by atoms with E-state index in [0.717, 1.165) is 11.8 Å². The SMILES string of the molecule is O=Cc1cccc(-c2ccc(O)c(F)c2)c1. The van der Waals surface area contributed by atoms with Gasteiger partial charge in [0.25, 0.3) is 0 Å². The van der Waals surface area contributed by atoms with Crippen LogP contribution in [-0.4, -0.2) is 11.4 Å². The highest BCUT2D eigenvalue weighted by atomic mass is 19.1. The van der Waals surface area contributed by atoms with Crippen LogP contribution in [0.4, 0.5) is 4.39 Å². The van der Waals surface area contributed by atoms with Gasteiger partial charge in [0.2, 0.25) is 0 Å². The fourth-order valence-electron chi connectivity index (χ4n) is 1.48. The largest absolute Gasteiger partial charge is 0.505 e. The molecule has 0 fully saturated rings. The maximum atomic E-state index is 13.1. The molecule has 0 radical (unpaired) electrons. The summed E-state index contributed by atoms with van der Waals surface area (Å²) in [4.78, 5) is 10.6. The fourth-order valence-corrected chi connectivity index (χ4v) is 1.48. The normalized spacial score (nSPS) is 10.1. The van der Waals surface area contributed by atoms with Gasteiger partial charge in [-0.3, -0.25) is 4.79 Å². The van der Waals surface area contributed by atoms with E-state index >= 15 is 0 Å². The summed E-state index contributed by atoms with van der Waals surface area (Å²) in [7, 11) is 0. The zero-order chi connectivity index (χ0) is 11.5. The van der Waals surface area contributed by atoms with E-state index in [-0.39, 0.29) is 5.75 Å². The van der Waals surface area contributed by atoms with Crippen molar-refractivity contribution in [1.82, 2.24) is 0 Å². The van der Waals surface area contributed by atoms with Crippen molar-refractivity contribution >= 4 is 6.29 Å². The van der Waals surface area contributed by atoms with E-state index in [1.54, 1.807) is 30.3 Å². The van der Waals surface area contributed by atoms with Gasteiger partial charge in [-0.25, -0.2) is 4.39 Å². The Hall–Kier alpha value is -2.16. The maximum absolute atomic E-state index is 13.1. The smallest absolute Gasteiger partial charge is 0.165 e. The Balaban J connectivity index is 2.49. The molecule has 2 nitrogen and oxygen atoms in total. The first-order valence-corrected chi connectivity index (χ1v) is 4.75. The van der Waals surface area contributed by atoms with Crippen molar-refractivity contribution < 1.29 is 14.3 Å². The van der Waals surface area contributed by atoms with Gasteiger partial charge < -0.3 is 5.11 Å². The number of phenolic OH excluding ortho intramolecular Hbond substituents is 1. The van der Waals surface area contributed by atoms with Gasteiger partial charge in [0, 0.05) is 5.56 Å². The van der Waals surface area contributed by atoms with Crippen LogP contribution in [0.1, 0.15) is 10.4 Å². The van der Waals surface area contributed by atoms with Gasteiger partial charge in [-0.05, 0) is 29.3 Å². The molecule has 2 aromatic carbocycles. The summed E-state index contributed by atoms with van der Waals surface area (Å²) in [6.45, 7) is 0. The number of benzene rings is 2. The van der Waals surface area contributed by atoms with Crippen molar-refractivity contribution in [2.24, 2.45) is 0 Å². The van der Waals surface area contributed by atoms with Crippen LogP contribution in [0.3, 0.4) is 0 Å². The average molecular weight is 216 g/mol. The summed E-state index contributed by atoms with van der Waals surface area (Å²) < 4.78 is 13.1. The molecule has 0 amide bonds. The second-order valence-corrected chi connectivity index (χ2v) is 3.41. The van der Waals surface area contributed by atoms with E-state index in [2.05, 4.69) is 0 Å². The topological polar surface area (TPSA) is 37.3 Å². The second-order valence-electron chi connectivity index (χ2n) is 3.41. The molecule has 0 aliphatic carbocycles. The molecule has 2 aromatic rings. The van der Waals surface area contributed by atoms with E-state index in [0.29, 0.717) is 11.1 Å². The molecule has 0 unspecified atom stereocenters. The summed E-state index contributed by atoms with van der Waals surface area (Å²) in [6, 6.07) is 11.0. The van der Waals surface area contributed by atoms with E-state index in [4.69, 9.17) is 5.11 Å². The molecule has 16 heavy (non-hydrogen) atoms. The molecule has 2 rings (SSSR count). The summed E-state index contributed by atoms with van der Waals surface area (Å²) in [5.74, 6) is -1.05. The minimum atomic E-state index is -0.672.